The molecule has 0 radical (unpaired) electrons. The third-order valence-electron chi connectivity index (χ3n) is 2.94. The van der Waals surface area contributed by atoms with Gasteiger partial charge in [0.15, 0.2) is 6.61 Å². The molecule has 2 rings (SSSR count). The number of nitro groups is 1. The number of carbonyl (C=O) groups excluding carboxylic acids is 2. The number of nitro benzene ring substituents is 1. The molecule has 0 heterocycles. The van der Waals surface area contributed by atoms with Crippen LogP contribution in [0, 0.1) is 21.7 Å². The standard InChI is InChI=1S/C15H9ClF2N2O5/c16-8-4-5-9(12(6-8)20(23)24)15(22)25-7-13(21)19-14-10(17)2-1-3-11(14)18/h1-6H,7H2,(H,19,21). The number of nitrogens with zero attached hydrogens (tertiary/aromatic N) is 1. The van der Waals surface area contributed by atoms with E-state index in [0.29, 0.717) is 0 Å². The Hall–Kier alpha value is -3.07. The maximum absolute atomic E-state index is 13.4. The minimum Gasteiger partial charge on any atom is -0.452 e. The van der Waals surface area contributed by atoms with Crippen molar-refractivity contribution < 1.29 is 28.0 Å². The fourth-order valence-corrected chi connectivity index (χ4v) is 2.00. The second-order valence-electron chi connectivity index (χ2n) is 4.64. The number of halogens is 3. The van der Waals surface area contributed by atoms with E-state index in [-0.39, 0.29) is 5.02 Å². The molecule has 25 heavy (non-hydrogen) atoms. The SMILES string of the molecule is O=C(COC(=O)c1ccc(Cl)cc1[N+](=O)[O-])Nc1c(F)cccc1F. The Morgan fingerprint density at radius 2 is 1.84 bits per heavy atom. The summed E-state index contributed by atoms with van der Waals surface area (Å²) in [5.74, 6) is -4.19. The van der Waals surface area contributed by atoms with Crippen LogP contribution in [0.5, 0.6) is 0 Å². The van der Waals surface area contributed by atoms with Crippen LogP contribution in [0.1, 0.15) is 10.4 Å². The van der Waals surface area contributed by atoms with E-state index >= 15 is 0 Å². The molecule has 0 saturated heterocycles. The van der Waals surface area contributed by atoms with Gasteiger partial charge in [0.25, 0.3) is 11.6 Å². The van der Waals surface area contributed by atoms with E-state index in [1.54, 1.807) is 0 Å². The zero-order valence-corrected chi connectivity index (χ0v) is 13.0. The summed E-state index contributed by atoms with van der Waals surface area (Å²) in [5, 5.41) is 12.9. The summed E-state index contributed by atoms with van der Waals surface area (Å²) in [6.45, 7) is -0.896. The molecule has 1 amide bonds. The van der Waals surface area contributed by atoms with Gasteiger partial charge in [-0.15, -0.1) is 0 Å². The van der Waals surface area contributed by atoms with Gasteiger partial charge in [0.2, 0.25) is 0 Å². The number of nitrogens with one attached hydrogen (secondary N) is 1. The Balaban J connectivity index is 2.05. The summed E-state index contributed by atoms with van der Waals surface area (Å²) < 4.78 is 31.4. The van der Waals surface area contributed by atoms with Crippen molar-refractivity contribution in [1.29, 1.82) is 0 Å². The number of ether oxygens (including phenoxy) is 1. The topological polar surface area (TPSA) is 98.5 Å². The van der Waals surface area contributed by atoms with Gasteiger partial charge in [0, 0.05) is 11.1 Å². The number of hydrogen-bond acceptors (Lipinski definition) is 5. The van der Waals surface area contributed by atoms with Crippen molar-refractivity contribution in [3.05, 3.63) is 68.7 Å². The summed E-state index contributed by atoms with van der Waals surface area (Å²) >= 11 is 5.62. The zero-order valence-electron chi connectivity index (χ0n) is 12.3. The average Bonchev–Trinajstić information content (AvgIpc) is 2.56. The molecule has 0 aromatic heterocycles. The number of amides is 1. The molecule has 0 bridgehead atoms. The predicted octanol–water partition coefficient (Wildman–Crippen LogP) is 3.32. The first-order valence-corrected chi connectivity index (χ1v) is 7.02. The highest BCUT2D eigenvalue weighted by molar-refractivity contribution is 6.31. The number of rotatable bonds is 5. The van der Waals surface area contributed by atoms with Crippen LogP contribution in [0.25, 0.3) is 0 Å². The molecule has 0 aliphatic rings. The molecule has 0 spiro atoms. The molecule has 1 N–H and O–H groups in total. The molecule has 0 fully saturated rings. The van der Waals surface area contributed by atoms with E-state index < -0.39 is 52.0 Å². The van der Waals surface area contributed by atoms with Gasteiger partial charge in [-0.2, -0.15) is 0 Å². The first-order valence-electron chi connectivity index (χ1n) is 6.64. The lowest BCUT2D eigenvalue weighted by atomic mass is 10.2. The zero-order chi connectivity index (χ0) is 18.6. The maximum Gasteiger partial charge on any atom is 0.345 e. The van der Waals surface area contributed by atoms with Crippen LogP contribution in [-0.2, 0) is 9.53 Å². The molecule has 7 nitrogen and oxygen atoms in total. The van der Waals surface area contributed by atoms with E-state index in [4.69, 9.17) is 11.6 Å². The number of anilines is 1. The average molecular weight is 371 g/mol. The minimum absolute atomic E-state index is 0.0380. The molecule has 10 heteroatoms. The molecule has 130 valence electrons. The third kappa shape index (κ3) is 4.48. The molecule has 2 aromatic carbocycles. The first-order chi connectivity index (χ1) is 11.8. The van der Waals surface area contributed by atoms with Gasteiger partial charge in [-0.05, 0) is 24.3 Å². The van der Waals surface area contributed by atoms with Gasteiger partial charge in [-0.1, -0.05) is 17.7 Å². The van der Waals surface area contributed by atoms with Crippen LogP contribution >= 0.6 is 11.6 Å². The number of carbonyl (C=O) groups is 2. The van der Waals surface area contributed by atoms with Crippen LogP contribution in [0.2, 0.25) is 5.02 Å². The lowest BCUT2D eigenvalue weighted by molar-refractivity contribution is -0.385. The summed E-state index contributed by atoms with van der Waals surface area (Å²) in [6.07, 6.45) is 0. The number of benzene rings is 2. The van der Waals surface area contributed by atoms with Crippen LogP contribution < -0.4 is 5.32 Å². The van der Waals surface area contributed by atoms with Crippen molar-refractivity contribution in [3.8, 4) is 0 Å². The van der Waals surface area contributed by atoms with Crippen LogP contribution in [-0.4, -0.2) is 23.4 Å². The predicted molar refractivity (Wildman–Crippen MR) is 83.4 cm³/mol. The summed E-state index contributed by atoms with van der Waals surface area (Å²) in [4.78, 5) is 33.6. The molecule has 2 aromatic rings. The van der Waals surface area contributed by atoms with Crippen molar-refractivity contribution in [3.63, 3.8) is 0 Å². The minimum atomic E-state index is -1.16. The summed E-state index contributed by atoms with van der Waals surface area (Å²) in [7, 11) is 0. The Labute approximate surface area is 144 Å². The molecular weight excluding hydrogens is 362 g/mol. The first kappa shape index (κ1) is 18.3. The van der Waals surface area contributed by atoms with E-state index in [9.17, 15) is 28.5 Å². The van der Waals surface area contributed by atoms with Gasteiger partial charge in [-0.3, -0.25) is 14.9 Å². The Morgan fingerprint density at radius 3 is 2.44 bits per heavy atom. The highest BCUT2D eigenvalue weighted by atomic mass is 35.5. The van der Waals surface area contributed by atoms with Crippen molar-refractivity contribution in [2.45, 2.75) is 0 Å². The lowest BCUT2D eigenvalue weighted by Crippen LogP contribution is -2.22. The Morgan fingerprint density at radius 1 is 1.20 bits per heavy atom. The van der Waals surface area contributed by atoms with E-state index in [0.717, 1.165) is 30.3 Å². The van der Waals surface area contributed by atoms with Crippen molar-refractivity contribution >= 4 is 34.9 Å². The van der Waals surface area contributed by atoms with Gasteiger partial charge in [-0.25, -0.2) is 13.6 Å². The molecule has 0 atom stereocenters. The van der Waals surface area contributed by atoms with Gasteiger partial charge >= 0.3 is 5.97 Å². The normalized spacial score (nSPS) is 10.2. The maximum atomic E-state index is 13.4. The van der Waals surface area contributed by atoms with Crippen LogP contribution in [0.4, 0.5) is 20.2 Å². The second kappa shape index (κ2) is 7.67. The van der Waals surface area contributed by atoms with Gasteiger partial charge in [0.1, 0.15) is 22.9 Å². The van der Waals surface area contributed by atoms with Crippen molar-refractivity contribution in [2.24, 2.45) is 0 Å². The van der Waals surface area contributed by atoms with Crippen molar-refractivity contribution in [1.82, 2.24) is 0 Å². The smallest absolute Gasteiger partial charge is 0.345 e. The van der Waals surface area contributed by atoms with E-state index in [1.165, 1.54) is 6.07 Å². The number of hydrogen-bond donors (Lipinski definition) is 1. The lowest BCUT2D eigenvalue weighted by Gasteiger charge is -2.08. The number of esters is 1. The van der Waals surface area contributed by atoms with E-state index in [2.05, 4.69) is 4.74 Å². The molecular formula is C15H9ClF2N2O5. The largest absolute Gasteiger partial charge is 0.452 e. The Bertz CT molecular complexity index is 840. The fraction of sp³-hybridized carbons (Fsp3) is 0.0667. The third-order valence-corrected chi connectivity index (χ3v) is 3.17. The molecule has 0 saturated carbocycles. The van der Waals surface area contributed by atoms with Crippen LogP contribution in [0.15, 0.2) is 36.4 Å². The summed E-state index contributed by atoms with van der Waals surface area (Å²) in [5.41, 5.74) is -1.71. The quantitative estimate of drug-likeness (QED) is 0.494. The van der Waals surface area contributed by atoms with Crippen LogP contribution in [0.3, 0.4) is 0 Å². The van der Waals surface area contributed by atoms with Gasteiger partial charge < -0.3 is 10.1 Å². The van der Waals surface area contributed by atoms with E-state index in [1.807, 2.05) is 5.32 Å². The Kier molecular flexibility index (Phi) is 5.60. The fourth-order valence-electron chi connectivity index (χ4n) is 1.83. The second-order valence-corrected chi connectivity index (χ2v) is 5.08. The molecule has 0 aliphatic carbocycles. The molecule has 0 aliphatic heterocycles. The van der Waals surface area contributed by atoms with Crippen molar-refractivity contribution in [2.75, 3.05) is 11.9 Å². The molecule has 0 unspecified atom stereocenters. The number of para-hydroxylation sites is 1. The summed E-state index contributed by atoms with van der Waals surface area (Å²) in [6, 6.07) is 6.23. The highest BCUT2D eigenvalue weighted by Gasteiger charge is 2.23. The monoisotopic (exact) mass is 370 g/mol. The van der Waals surface area contributed by atoms with Gasteiger partial charge in [0.05, 0.1) is 4.92 Å². The highest BCUT2D eigenvalue weighted by Crippen LogP contribution is 2.24.